The Morgan fingerprint density at radius 1 is 1.03 bits per heavy atom. The number of hydrogen-bond acceptors (Lipinski definition) is 5. The van der Waals surface area contributed by atoms with Crippen LogP contribution >= 0.6 is 0 Å². The van der Waals surface area contributed by atoms with Crippen LogP contribution in [-0.4, -0.2) is 26.2 Å². The molecule has 0 unspecified atom stereocenters. The van der Waals surface area contributed by atoms with Crippen LogP contribution in [0.2, 0.25) is 0 Å². The molecule has 0 spiro atoms. The molecule has 0 amide bonds. The summed E-state index contributed by atoms with van der Waals surface area (Å²) in [6.07, 6.45) is 1.66. The van der Waals surface area contributed by atoms with E-state index in [0.717, 1.165) is 35.1 Å². The second kappa shape index (κ2) is 8.32. The number of benzene rings is 2. The molecule has 1 aliphatic carbocycles. The topological polar surface area (TPSA) is 89.5 Å². The summed E-state index contributed by atoms with van der Waals surface area (Å²) in [5, 5.41) is 0. The van der Waals surface area contributed by atoms with Gasteiger partial charge in [0.2, 0.25) is 10.0 Å². The van der Waals surface area contributed by atoms with Gasteiger partial charge in [-0.25, -0.2) is 17.9 Å². The van der Waals surface area contributed by atoms with E-state index in [0.29, 0.717) is 11.1 Å². The lowest BCUT2D eigenvalue weighted by atomic mass is 9.92. The molecule has 1 N–H and O–H groups in total. The van der Waals surface area contributed by atoms with Crippen LogP contribution in [0.1, 0.15) is 68.3 Å². The van der Waals surface area contributed by atoms with Crippen molar-refractivity contribution in [2.45, 2.75) is 65.0 Å². The van der Waals surface area contributed by atoms with Gasteiger partial charge in [-0.15, -0.1) is 0 Å². The molecule has 0 radical (unpaired) electrons. The number of ether oxygens (including phenoxy) is 1. The lowest BCUT2D eigenvalue weighted by Gasteiger charge is -2.16. The third-order valence-corrected chi connectivity index (χ3v) is 6.99. The first kappa shape index (κ1) is 22.2. The summed E-state index contributed by atoms with van der Waals surface area (Å²) in [5.41, 5.74) is 4.90. The Kier molecular flexibility index (Phi) is 6.15. The average Bonchev–Trinajstić information content (AvgIpc) is 3.44. The van der Waals surface area contributed by atoms with Crippen LogP contribution in [0.15, 0.2) is 29.2 Å². The normalized spacial score (nSPS) is 13.9. The van der Waals surface area contributed by atoms with Gasteiger partial charge in [0.05, 0.1) is 10.5 Å². The summed E-state index contributed by atoms with van der Waals surface area (Å²) in [6.45, 7) is 8.91. The molecule has 160 valence electrons. The molecule has 0 aromatic heterocycles. The van der Waals surface area contributed by atoms with Crippen LogP contribution in [0.3, 0.4) is 0 Å². The van der Waals surface area contributed by atoms with Gasteiger partial charge in [-0.1, -0.05) is 12.1 Å². The zero-order valence-corrected chi connectivity index (χ0v) is 18.8. The molecule has 30 heavy (non-hydrogen) atoms. The predicted octanol–water partition coefficient (Wildman–Crippen LogP) is 3.92. The number of nitrogens with one attached hydrogen (secondary N) is 1. The van der Waals surface area contributed by atoms with Crippen LogP contribution < -0.4 is 4.72 Å². The predicted molar refractivity (Wildman–Crippen MR) is 114 cm³/mol. The highest BCUT2D eigenvalue weighted by atomic mass is 32.2. The van der Waals surface area contributed by atoms with Gasteiger partial charge in [-0.05, 0) is 87.4 Å². The van der Waals surface area contributed by atoms with E-state index in [1.54, 1.807) is 13.0 Å². The minimum Gasteiger partial charge on any atom is -0.457 e. The third-order valence-electron chi connectivity index (χ3n) is 5.47. The molecule has 0 saturated heterocycles. The standard InChI is InChI=1S/C23H27NO5S/c1-13-6-9-19(30(27,28)24-18-7-8-18)11-20(13)23(26)29-12-21-14(2)10-15(3)22(16(21)4)17(5)25/h6,9-11,18,24H,7-8,12H2,1-5H3. The quantitative estimate of drug-likeness (QED) is 0.532. The first-order chi connectivity index (χ1) is 14.0. The van der Waals surface area contributed by atoms with Crippen molar-refractivity contribution in [1.29, 1.82) is 0 Å². The van der Waals surface area contributed by atoms with Crippen molar-refractivity contribution in [3.05, 3.63) is 63.2 Å². The molecule has 1 fully saturated rings. The molecule has 0 bridgehead atoms. The van der Waals surface area contributed by atoms with E-state index >= 15 is 0 Å². The molecular formula is C23H27NO5S. The SMILES string of the molecule is CC(=O)c1c(C)cc(C)c(COC(=O)c2cc(S(=O)(=O)NC3CC3)ccc2C)c1C. The maximum absolute atomic E-state index is 12.8. The van der Waals surface area contributed by atoms with Gasteiger partial charge >= 0.3 is 5.97 Å². The summed E-state index contributed by atoms with van der Waals surface area (Å²) in [5.74, 6) is -0.630. The van der Waals surface area contributed by atoms with Crippen molar-refractivity contribution in [3.8, 4) is 0 Å². The fourth-order valence-electron chi connectivity index (χ4n) is 3.68. The molecule has 1 aliphatic rings. The minimum absolute atomic E-state index is 0.00774. The Labute approximate surface area is 177 Å². The van der Waals surface area contributed by atoms with Crippen molar-refractivity contribution >= 4 is 21.8 Å². The molecule has 7 heteroatoms. The van der Waals surface area contributed by atoms with E-state index in [4.69, 9.17) is 4.74 Å². The number of esters is 1. The minimum atomic E-state index is -3.67. The number of carbonyl (C=O) groups is 2. The molecule has 1 saturated carbocycles. The smallest absolute Gasteiger partial charge is 0.338 e. The summed E-state index contributed by atoms with van der Waals surface area (Å²) in [4.78, 5) is 24.8. The van der Waals surface area contributed by atoms with Crippen LogP contribution in [0, 0.1) is 27.7 Å². The molecule has 2 aromatic rings. The van der Waals surface area contributed by atoms with Crippen LogP contribution in [0.25, 0.3) is 0 Å². The Balaban J connectivity index is 1.84. The van der Waals surface area contributed by atoms with Crippen LogP contribution in [0.5, 0.6) is 0 Å². The highest BCUT2D eigenvalue weighted by Gasteiger charge is 2.28. The van der Waals surface area contributed by atoms with Crippen molar-refractivity contribution in [2.75, 3.05) is 0 Å². The summed E-state index contributed by atoms with van der Waals surface area (Å²) < 4.78 is 33.1. The van der Waals surface area contributed by atoms with Gasteiger partial charge in [-0.3, -0.25) is 4.79 Å². The summed E-state index contributed by atoms with van der Waals surface area (Å²) >= 11 is 0. The van der Waals surface area contributed by atoms with Gasteiger partial charge < -0.3 is 4.74 Å². The molecule has 0 heterocycles. The molecular weight excluding hydrogens is 402 g/mol. The third kappa shape index (κ3) is 4.63. The van der Waals surface area contributed by atoms with Crippen molar-refractivity contribution in [1.82, 2.24) is 4.72 Å². The van der Waals surface area contributed by atoms with Gasteiger partial charge in [0.1, 0.15) is 6.61 Å². The molecule has 2 aromatic carbocycles. The highest BCUT2D eigenvalue weighted by molar-refractivity contribution is 7.89. The lowest BCUT2D eigenvalue weighted by Crippen LogP contribution is -2.26. The van der Waals surface area contributed by atoms with Crippen LogP contribution in [-0.2, 0) is 21.4 Å². The zero-order valence-electron chi connectivity index (χ0n) is 18.0. The maximum Gasteiger partial charge on any atom is 0.338 e. The number of aryl methyl sites for hydroxylation is 3. The first-order valence-corrected chi connectivity index (χ1v) is 11.4. The molecule has 6 nitrogen and oxygen atoms in total. The van der Waals surface area contributed by atoms with Gasteiger partial charge in [-0.2, -0.15) is 0 Å². The van der Waals surface area contributed by atoms with Gasteiger partial charge in [0, 0.05) is 11.6 Å². The van der Waals surface area contributed by atoms with Crippen LogP contribution in [0.4, 0.5) is 0 Å². The number of rotatable bonds is 7. The number of sulfonamides is 1. The van der Waals surface area contributed by atoms with Gasteiger partial charge in [0.15, 0.2) is 5.78 Å². The monoisotopic (exact) mass is 429 g/mol. The largest absolute Gasteiger partial charge is 0.457 e. The summed E-state index contributed by atoms with van der Waals surface area (Å²) in [6, 6.07) is 6.35. The fraction of sp³-hybridized carbons (Fsp3) is 0.391. The Bertz CT molecular complexity index is 1130. The van der Waals surface area contributed by atoms with E-state index in [9.17, 15) is 18.0 Å². The first-order valence-electron chi connectivity index (χ1n) is 9.92. The number of Topliss-reactive ketones (excluding diaryl/α,β-unsaturated/α-hetero) is 1. The van der Waals surface area contributed by atoms with Crippen molar-refractivity contribution < 1.29 is 22.7 Å². The number of hydrogen-bond donors (Lipinski definition) is 1. The lowest BCUT2D eigenvalue weighted by molar-refractivity contribution is 0.0470. The van der Waals surface area contributed by atoms with E-state index < -0.39 is 16.0 Å². The van der Waals surface area contributed by atoms with Crippen molar-refractivity contribution in [2.24, 2.45) is 0 Å². The van der Waals surface area contributed by atoms with Gasteiger partial charge in [0.25, 0.3) is 0 Å². The number of ketones is 1. The van der Waals surface area contributed by atoms with E-state index in [2.05, 4.69) is 4.72 Å². The summed E-state index contributed by atoms with van der Waals surface area (Å²) in [7, 11) is -3.67. The zero-order chi connectivity index (χ0) is 22.2. The highest BCUT2D eigenvalue weighted by Crippen LogP contribution is 2.26. The van der Waals surface area contributed by atoms with E-state index in [1.165, 1.54) is 19.1 Å². The van der Waals surface area contributed by atoms with E-state index in [-0.39, 0.29) is 28.9 Å². The van der Waals surface area contributed by atoms with E-state index in [1.807, 2.05) is 26.8 Å². The average molecular weight is 430 g/mol. The Hall–Kier alpha value is -2.51. The Morgan fingerprint density at radius 3 is 2.30 bits per heavy atom. The second-order valence-corrected chi connectivity index (χ2v) is 9.71. The molecule has 0 atom stereocenters. The number of carbonyl (C=O) groups excluding carboxylic acids is 2. The fourth-order valence-corrected chi connectivity index (χ4v) is 5.01. The molecule has 3 rings (SSSR count). The molecule has 0 aliphatic heterocycles. The Morgan fingerprint density at radius 2 is 1.70 bits per heavy atom. The second-order valence-electron chi connectivity index (χ2n) is 7.99. The maximum atomic E-state index is 12.8. The van der Waals surface area contributed by atoms with Crippen molar-refractivity contribution in [3.63, 3.8) is 0 Å².